The fourth-order valence-electron chi connectivity index (χ4n) is 4.62. The highest BCUT2D eigenvalue weighted by Crippen LogP contribution is 2.42. The summed E-state index contributed by atoms with van der Waals surface area (Å²) in [4.78, 5) is 16.2. The van der Waals surface area contributed by atoms with Crippen LogP contribution in [0, 0.1) is 5.92 Å². The smallest absolute Gasteiger partial charge is 0.162 e. The summed E-state index contributed by atoms with van der Waals surface area (Å²) in [5.41, 5.74) is 4.33. The summed E-state index contributed by atoms with van der Waals surface area (Å²) >= 11 is 0. The van der Waals surface area contributed by atoms with Crippen molar-refractivity contribution < 1.29 is 0 Å². The summed E-state index contributed by atoms with van der Waals surface area (Å²) in [5, 5.41) is 3.71. The SMILES string of the molecule is c1ccc(C(c2ccccc2)C2CCCC2Nc2ncnc3[nH]cnc23)cc1. The molecule has 0 bridgehead atoms. The van der Waals surface area contributed by atoms with Crippen LogP contribution in [-0.4, -0.2) is 26.0 Å². The molecule has 5 rings (SSSR count). The standard InChI is InChI=1S/C23H23N5/c1-3-8-16(9-4-1)20(17-10-5-2-6-11-17)18-12-7-13-19(18)28-23-21-22(25-14-24-21)26-15-27-23/h1-6,8-11,14-15,18-20H,7,12-13H2,(H2,24,25,26,27,28). The van der Waals surface area contributed by atoms with Crippen LogP contribution in [0.3, 0.4) is 0 Å². The Morgan fingerprint density at radius 2 is 1.57 bits per heavy atom. The Balaban J connectivity index is 1.50. The van der Waals surface area contributed by atoms with Gasteiger partial charge in [-0.05, 0) is 29.9 Å². The second-order valence-electron chi connectivity index (χ2n) is 7.47. The Kier molecular flexibility index (Phi) is 4.49. The molecule has 1 fully saturated rings. The molecule has 2 unspecified atom stereocenters. The Bertz CT molecular complexity index is 1000. The third kappa shape index (κ3) is 3.13. The lowest BCUT2D eigenvalue weighted by Crippen LogP contribution is -2.30. The normalized spacial score (nSPS) is 19.3. The number of aromatic nitrogens is 4. The van der Waals surface area contributed by atoms with E-state index in [9.17, 15) is 0 Å². The van der Waals surface area contributed by atoms with Crippen LogP contribution in [0.25, 0.3) is 11.2 Å². The van der Waals surface area contributed by atoms with E-state index in [1.54, 1.807) is 12.7 Å². The molecule has 0 spiro atoms. The molecule has 2 heterocycles. The van der Waals surface area contributed by atoms with Gasteiger partial charge in [0.1, 0.15) is 11.8 Å². The zero-order chi connectivity index (χ0) is 18.8. The molecule has 2 N–H and O–H groups in total. The monoisotopic (exact) mass is 369 g/mol. The quantitative estimate of drug-likeness (QED) is 0.532. The van der Waals surface area contributed by atoms with E-state index in [1.807, 2.05) is 0 Å². The van der Waals surface area contributed by atoms with Crippen LogP contribution >= 0.6 is 0 Å². The predicted molar refractivity (Wildman–Crippen MR) is 111 cm³/mol. The lowest BCUT2D eigenvalue weighted by molar-refractivity contribution is 0.448. The van der Waals surface area contributed by atoms with Crippen LogP contribution < -0.4 is 5.32 Å². The molecule has 2 aromatic heterocycles. The number of nitrogens with zero attached hydrogens (tertiary/aromatic N) is 3. The summed E-state index contributed by atoms with van der Waals surface area (Å²) in [7, 11) is 0. The van der Waals surface area contributed by atoms with E-state index in [2.05, 4.69) is 85.9 Å². The van der Waals surface area contributed by atoms with Gasteiger partial charge in [0, 0.05) is 12.0 Å². The van der Waals surface area contributed by atoms with Gasteiger partial charge in [0.2, 0.25) is 0 Å². The number of imidazole rings is 1. The van der Waals surface area contributed by atoms with Crippen molar-refractivity contribution in [2.24, 2.45) is 5.92 Å². The highest BCUT2D eigenvalue weighted by Gasteiger charge is 2.35. The van der Waals surface area contributed by atoms with E-state index in [4.69, 9.17) is 0 Å². The van der Waals surface area contributed by atoms with Gasteiger partial charge in [0.15, 0.2) is 11.5 Å². The second kappa shape index (κ2) is 7.43. The predicted octanol–water partition coefficient (Wildman–Crippen LogP) is 4.77. The molecule has 2 aromatic carbocycles. The summed E-state index contributed by atoms with van der Waals surface area (Å²) in [6.07, 6.45) is 6.82. The van der Waals surface area contributed by atoms with Crippen LogP contribution in [0.5, 0.6) is 0 Å². The molecular formula is C23H23N5. The zero-order valence-corrected chi connectivity index (χ0v) is 15.6. The zero-order valence-electron chi connectivity index (χ0n) is 15.6. The Morgan fingerprint density at radius 3 is 2.29 bits per heavy atom. The number of hydrogen-bond donors (Lipinski definition) is 2. The minimum absolute atomic E-state index is 0.347. The number of anilines is 1. The number of fused-ring (bicyclic) bond motifs is 1. The second-order valence-corrected chi connectivity index (χ2v) is 7.47. The molecule has 28 heavy (non-hydrogen) atoms. The van der Waals surface area contributed by atoms with Gasteiger partial charge in [0.25, 0.3) is 0 Å². The number of H-pyrrole nitrogens is 1. The van der Waals surface area contributed by atoms with Crippen molar-refractivity contribution in [1.29, 1.82) is 0 Å². The van der Waals surface area contributed by atoms with Crippen LogP contribution in [0.2, 0.25) is 0 Å². The lowest BCUT2D eigenvalue weighted by Gasteiger charge is -2.30. The largest absolute Gasteiger partial charge is 0.365 e. The molecule has 2 atom stereocenters. The number of nitrogens with one attached hydrogen (secondary N) is 2. The van der Waals surface area contributed by atoms with Gasteiger partial charge in [0.05, 0.1) is 6.33 Å². The van der Waals surface area contributed by atoms with Crippen molar-refractivity contribution in [2.45, 2.75) is 31.2 Å². The first-order valence-corrected chi connectivity index (χ1v) is 9.90. The van der Waals surface area contributed by atoms with E-state index in [1.165, 1.54) is 24.0 Å². The Hall–Kier alpha value is -3.21. The van der Waals surface area contributed by atoms with Gasteiger partial charge in [-0.25, -0.2) is 15.0 Å². The highest BCUT2D eigenvalue weighted by molar-refractivity contribution is 5.82. The fraction of sp³-hybridized carbons (Fsp3) is 0.261. The van der Waals surface area contributed by atoms with E-state index < -0.39 is 0 Å². The summed E-state index contributed by atoms with van der Waals surface area (Å²) in [6.45, 7) is 0. The summed E-state index contributed by atoms with van der Waals surface area (Å²) < 4.78 is 0. The van der Waals surface area contributed by atoms with E-state index in [-0.39, 0.29) is 0 Å². The molecule has 4 aromatic rings. The number of aromatic amines is 1. The lowest BCUT2D eigenvalue weighted by atomic mass is 9.78. The number of benzene rings is 2. The van der Waals surface area contributed by atoms with Gasteiger partial charge in [-0.3, -0.25) is 0 Å². The van der Waals surface area contributed by atoms with Crippen molar-refractivity contribution >= 4 is 17.0 Å². The highest BCUT2D eigenvalue weighted by atomic mass is 15.1. The Morgan fingerprint density at radius 1 is 0.857 bits per heavy atom. The minimum Gasteiger partial charge on any atom is -0.365 e. The van der Waals surface area contributed by atoms with E-state index in [0.717, 1.165) is 23.4 Å². The van der Waals surface area contributed by atoms with Gasteiger partial charge >= 0.3 is 0 Å². The average Bonchev–Trinajstić information content (AvgIpc) is 3.40. The van der Waals surface area contributed by atoms with Crippen molar-refractivity contribution in [3.8, 4) is 0 Å². The molecule has 0 saturated heterocycles. The van der Waals surface area contributed by atoms with Crippen LogP contribution in [-0.2, 0) is 0 Å². The molecule has 1 aliphatic carbocycles. The molecule has 5 heteroatoms. The van der Waals surface area contributed by atoms with E-state index in [0.29, 0.717) is 17.9 Å². The molecular weight excluding hydrogens is 346 g/mol. The van der Waals surface area contributed by atoms with Gasteiger partial charge < -0.3 is 10.3 Å². The molecule has 0 aliphatic heterocycles. The van der Waals surface area contributed by atoms with Crippen LogP contribution in [0.15, 0.2) is 73.3 Å². The van der Waals surface area contributed by atoms with Crippen molar-refractivity contribution in [2.75, 3.05) is 5.32 Å². The molecule has 0 radical (unpaired) electrons. The van der Waals surface area contributed by atoms with Crippen LogP contribution in [0.4, 0.5) is 5.82 Å². The van der Waals surface area contributed by atoms with Crippen molar-refractivity contribution in [3.05, 3.63) is 84.4 Å². The molecule has 1 aliphatic rings. The fourth-order valence-corrected chi connectivity index (χ4v) is 4.62. The molecule has 0 amide bonds. The van der Waals surface area contributed by atoms with Crippen molar-refractivity contribution in [3.63, 3.8) is 0 Å². The molecule has 1 saturated carbocycles. The Labute approximate surface area is 164 Å². The van der Waals surface area contributed by atoms with Gasteiger partial charge in [-0.2, -0.15) is 0 Å². The average molecular weight is 369 g/mol. The van der Waals surface area contributed by atoms with Crippen molar-refractivity contribution in [1.82, 2.24) is 19.9 Å². The first-order valence-electron chi connectivity index (χ1n) is 9.90. The van der Waals surface area contributed by atoms with Crippen LogP contribution in [0.1, 0.15) is 36.3 Å². The maximum atomic E-state index is 4.48. The first-order chi connectivity index (χ1) is 13.9. The third-order valence-electron chi connectivity index (χ3n) is 5.85. The molecule has 140 valence electrons. The number of hydrogen-bond acceptors (Lipinski definition) is 4. The van der Waals surface area contributed by atoms with Gasteiger partial charge in [-0.1, -0.05) is 67.1 Å². The minimum atomic E-state index is 0.347. The topological polar surface area (TPSA) is 66.5 Å². The summed E-state index contributed by atoms with van der Waals surface area (Å²) in [6, 6.07) is 22.1. The van der Waals surface area contributed by atoms with E-state index >= 15 is 0 Å². The molecule has 5 nitrogen and oxygen atoms in total. The van der Waals surface area contributed by atoms with Gasteiger partial charge in [-0.15, -0.1) is 0 Å². The maximum Gasteiger partial charge on any atom is 0.162 e. The number of rotatable bonds is 5. The third-order valence-corrected chi connectivity index (χ3v) is 5.85. The summed E-state index contributed by atoms with van der Waals surface area (Å²) in [5.74, 6) is 1.68. The maximum absolute atomic E-state index is 4.48. The first kappa shape index (κ1) is 16.9.